The van der Waals surface area contributed by atoms with Crippen molar-refractivity contribution in [2.75, 3.05) is 5.32 Å². The molecular weight excluding hydrogens is 210 g/mol. The van der Waals surface area contributed by atoms with Crippen LogP contribution in [-0.2, 0) is 0 Å². The zero-order valence-corrected chi connectivity index (χ0v) is 10.2. The van der Waals surface area contributed by atoms with Gasteiger partial charge in [-0.3, -0.25) is 5.10 Å². The van der Waals surface area contributed by atoms with Crippen LogP contribution < -0.4 is 5.32 Å². The van der Waals surface area contributed by atoms with Crippen LogP contribution in [0.25, 0.3) is 10.9 Å². The fraction of sp³-hybridized carbons (Fsp3) is 0.500. The highest BCUT2D eigenvalue weighted by atomic mass is 15.1. The quantitative estimate of drug-likeness (QED) is 0.826. The number of aromatic amines is 1. The van der Waals surface area contributed by atoms with Crippen LogP contribution in [0.1, 0.15) is 32.6 Å². The molecule has 90 valence electrons. The molecule has 1 aromatic carbocycles. The van der Waals surface area contributed by atoms with Gasteiger partial charge in [-0.15, -0.1) is 0 Å². The lowest BCUT2D eigenvalue weighted by atomic mass is 9.86. The Labute approximate surface area is 102 Å². The number of benzene rings is 1. The van der Waals surface area contributed by atoms with Crippen molar-refractivity contribution in [3.63, 3.8) is 0 Å². The van der Waals surface area contributed by atoms with Crippen molar-refractivity contribution in [1.29, 1.82) is 0 Å². The number of fused-ring (bicyclic) bond motifs is 1. The van der Waals surface area contributed by atoms with Crippen molar-refractivity contribution in [3.8, 4) is 0 Å². The largest absolute Gasteiger partial charge is 0.381 e. The number of nitrogens with one attached hydrogen (secondary N) is 2. The van der Waals surface area contributed by atoms with Gasteiger partial charge in [0, 0.05) is 17.1 Å². The fourth-order valence-electron chi connectivity index (χ4n) is 2.82. The first kappa shape index (κ1) is 10.6. The Morgan fingerprint density at radius 3 is 3.06 bits per heavy atom. The van der Waals surface area contributed by atoms with Crippen LogP contribution in [0.2, 0.25) is 0 Å². The van der Waals surface area contributed by atoms with E-state index in [1.807, 2.05) is 6.20 Å². The van der Waals surface area contributed by atoms with E-state index in [1.165, 1.54) is 36.8 Å². The Balaban J connectivity index is 1.86. The van der Waals surface area contributed by atoms with E-state index in [1.54, 1.807) is 0 Å². The van der Waals surface area contributed by atoms with E-state index in [0.717, 1.165) is 11.4 Å². The van der Waals surface area contributed by atoms with Gasteiger partial charge in [0.05, 0.1) is 11.7 Å². The number of rotatable bonds is 2. The van der Waals surface area contributed by atoms with Gasteiger partial charge in [0.1, 0.15) is 0 Å². The zero-order valence-electron chi connectivity index (χ0n) is 10.2. The Morgan fingerprint density at radius 1 is 1.29 bits per heavy atom. The maximum absolute atomic E-state index is 4.11. The molecule has 1 saturated carbocycles. The van der Waals surface area contributed by atoms with E-state index in [4.69, 9.17) is 0 Å². The summed E-state index contributed by atoms with van der Waals surface area (Å²) in [6.07, 6.45) is 7.28. The van der Waals surface area contributed by atoms with Crippen LogP contribution >= 0.6 is 0 Å². The molecule has 2 aromatic rings. The molecule has 3 heteroatoms. The van der Waals surface area contributed by atoms with Gasteiger partial charge >= 0.3 is 0 Å². The summed E-state index contributed by atoms with van der Waals surface area (Å²) in [6, 6.07) is 6.91. The number of aromatic nitrogens is 2. The van der Waals surface area contributed by atoms with Crippen molar-refractivity contribution in [3.05, 3.63) is 24.4 Å². The molecule has 0 radical (unpaired) electrons. The third-order valence-corrected chi connectivity index (χ3v) is 3.94. The summed E-state index contributed by atoms with van der Waals surface area (Å²) in [4.78, 5) is 0. The maximum atomic E-state index is 4.11. The summed E-state index contributed by atoms with van der Waals surface area (Å²) in [5.41, 5.74) is 2.33. The summed E-state index contributed by atoms with van der Waals surface area (Å²) in [5.74, 6) is 0.769. The van der Waals surface area contributed by atoms with Crippen molar-refractivity contribution in [1.82, 2.24) is 10.2 Å². The molecule has 0 aliphatic heterocycles. The van der Waals surface area contributed by atoms with E-state index in [-0.39, 0.29) is 0 Å². The topological polar surface area (TPSA) is 40.7 Å². The van der Waals surface area contributed by atoms with Crippen LogP contribution in [0.5, 0.6) is 0 Å². The molecule has 0 saturated heterocycles. The zero-order chi connectivity index (χ0) is 11.7. The summed E-state index contributed by atoms with van der Waals surface area (Å²) < 4.78 is 0. The molecule has 0 amide bonds. The van der Waals surface area contributed by atoms with Gasteiger partial charge < -0.3 is 5.32 Å². The van der Waals surface area contributed by atoms with Crippen LogP contribution in [0, 0.1) is 5.92 Å². The minimum atomic E-state index is 0.615. The normalized spacial score (nSPS) is 25.0. The molecule has 1 aliphatic rings. The number of hydrogen-bond donors (Lipinski definition) is 2. The predicted octanol–water partition coefficient (Wildman–Crippen LogP) is 3.55. The first-order valence-corrected chi connectivity index (χ1v) is 6.53. The highest BCUT2D eigenvalue weighted by Gasteiger charge is 2.21. The van der Waals surface area contributed by atoms with Crippen molar-refractivity contribution >= 4 is 16.6 Å². The SMILES string of the molecule is CC1CCCCC1Nc1cccc2[nH]ncc12. The first-order chi connectivity index (χ1) is 8.34. The van der Waals surface area contributed by atoms with Crippen LogP contribution in [-0.4, -0.2) is 16.2 Å². The lowest BCUT2D eigenvalue weighted by Gasteiger charge is -2.30. The summed E-state index contributed by atoms with van der Waals surface area (Å²) in [6.45, 7) is 2.35. The van der Waals surface area contributed by atoms with Crippen LogP contribution in [0.15, 0.2) is 24.4 Å². The fourth-order valence-corrected chi connectivity index (χ4v) is 2.82. The van der Waals surface area contributed by atoms with Gasteiger partial charge in [-0.05, 0) is 30.9 Å². The number of H-pyrrole nitrogens is 1. The number of nitrogens with zero attached hydrogens (tertiary/aromatic N) is 1. The highest BCUT2D eigenvalue weighted by Crippen LogP contribution is 2.29. The van der Waals surface area contributed by atoms with Gasteiger partial charge in [-0.1, -0.05) is 25.8 Å². The first-order valence-electron chi connectivity index (χ1n) is 6.53. The Bertz CT molecular complexity index is 503. The van der Waals surface area contributed by atoms with Crippen molar-refractivity contribution < 1.29 is 0 Å². The lowest BCUT2D eigenvalue weighted by molar-refractivity contribution is 0.350. The van der Waals surface area contributed by atoms with E-state index >= 15 is 0 Å². The van der Waals surface area contributed by atoms with Gasteiger partial charge in [0.15, 0.2) is 0 Å². The van der Waals surface area contributed by atoms with Crippen LogP contribution in [0.3, 0.4) is 0 Å². The van der Waals surface area contributed by atoms with Gasteiger partial charge in [0.25, 0.3) is 0 Å². The predicted molar refractivity (Wildman–Crippen MR) is 71.1 cm³/mol. The standard InChI is InChI=1S/C14H19N3/c1-10-5-2-3-6-12(10)16-13-7-4-8-14-11(13)9-15-17-14/h4,7-10,12,16H,2-3,5-6H2,1H3,(H,15,17). The highest BCUT2D eigenvalue weighted by molar-refractivity contribution is 5.90. The molecule has 1 aromatic heterocycles. The average molecular weight is 229 g/mol. The van der Waals surface area contributed by atoms with Crippen molar-refractivity contribution in [2.24, 2.45) is 5.92 Å². The molecule has 2 atom stereocenters. The maximum Gasteiger partial charge on any atom is 0.0671 e. The molecule has 0 spiro atoms. The third kappa shape index (κ3) is 2.02. The molecular formula is C14H19N3. The Kier molecular flexibility index (Phi) is 2.75. The average Bonchev–Trinajstić information content (AvgIpc) is 2.81. The molecule has 1 fully saturated rings. The summed E-state index contributed by atoms with van der Waals surface area (Å²) in [7, 11) is 0. The smallest absolute Gasteiger partial charge is 0.0671 e. The molecule has 3 nitrogen and oxygen atoms in total. The minimum Gasteiger partial charge on any atom is -0.381 e. The van der Waals surface area contributed by atoms with Crippen molar-refractivity contribution in [2.45, 2.75) is 38.6 Å². The molecule has 1 aliphatic carbocycles. The second-order valence-corrected chi connectivity index (χ2v) is 5.15. The summed E-state index contributed by atoms with van der Waals surface area (Å²) >= 11 is 0. The number of anilines is 1. The third-order valence-electron chi connectivity index (χ3n) is 3.94. The van der Waals surface area contributed by atoms with Gasteiger partial charge in [-0.25, -0.2) is 0 Å². The molecule has 2 N–H and O–H groups in total. The Hall–Kier alpha value is -1.51. The van der Waals surface area contributed by atoms with Crippen LogP contribution in [0.4, 0.5) is 5.69 Å². The summed E-state index contributed by atoms with van der Waals surface area (Å²) in [5, 5.41) is 12.0. The molecule has 3 rings (SSSR count). The number of hydrogen-bond acceptors (Lipinski definition) is 2. The monoisotopic (exact) mass is 229 g/mol. The molecule has 17 heavy (non-hydrogen) atoms. The second kappa shape index (κ2) is 4.40. The van der Waals surface area contributed by atoms with Gasteiger partial charge in [-0.2, -0.15) is 5.10 Å². The lowest BCUT2D eigenvalue weighted by Crippen LogP contribution is -2.30. The van der Waals surface area contributed by atoms with E-state index < -0.39 is 0 Å². The van der Waals surface area contributed by atoms with E-state index in [0.29, 0.717) is 6.04 Å². The van der Waals surface area contributed by atoms with Gasteiger partial charge in [0.2, 0.25) is 0 Å². The molecule has 2 unspecified atom stereocenters. The second-order valence-electron chi connectivity index (χ2n) is 5.15. The Morgan fingerprint density at radius 2 is 2.18 bits per heavy atom. The van der Waals surface area contributed by atoms with E-state index in [2.05, 4.69) is 40.6 Å². The minimum absolute atomic E-state index is 0.615. The molecule has 1 heterocycles. The van der Waals surface area contributed by atoms with E-state index in [9.17, 15) is 0 Å². The molecule has 0 bridgehead atoms.